The summed E-state index contributed by atoms with van der Waals surface area (Å²) in [5, 5.41) is 34.1. The topological polar surface area (TPSA) is 225 Å². The van der Waals surface area contributed by atoms with Gasteiger partial charge in [0.25, 0.3) is 0 Å². The van der Waals surface area contributed by atoms with Crippen LogP contribution in [0.15, 0.2) is 0 Å². The van der Waals surface area contributed by atoms with E-state index in [4.69, 9.17) is 15.9 Å². The van der Waals surface area contributed by atoms with Crippen LogP contribution in [-0.4, -0.2) is 75.1 Å². The van der Waals surface area contributed by atoms with Crippen LogP contribution < -0.4 is 21.7 Å². The van der Waals surface area contributed by atoms with Gasteiger partial charge < -0.3 is 37.0 Å². The summed E-state index contributed by atoms with van der Waals surface area (Å²) >= 11 is 0. The van der Waals surface area contributed by atoms with Crippen LogP contribution in [0.3, 0.4) is 0 Å². The summed E-state index contributed by atoms with van der Waals surface area (Å²) in [6.45, 7) is 6.87. The molecule has 0 rings (SSSR count). The first kappa shape index (κ1) is 30.8. The first-order valence-corrected chi connectivity index (χ1v) is 11.1. The molecule has 8 N–H and O–H groups in total. The lowest BCUT2D eigenvalue weighted by atomic mass is 9.96. The van der Waals surface area contributed by atoms with Crippen molar-refractivity contribution in [3.8, 4) is 0 Å². The van der Waals surface area contributed by atoms with E-state index in [1.807, 2.05) is 6.92 Å². The molecule has 194 valence electrons. The minimum absolute atomic E-state index is 0.231. The fraction of sp³-hybridized carbons (Fsp3) is 0.714. The van der Waals surface area contributed by atoms with Crippen LogP contribution in [0.5, 0.6) is 0 Å². The largest absolute Gasteiger partial charge is 0.481 e. The van der Waals surface area contributed by atoms with Gasteiger partial charge in [0.2, 0.25) is 17.7 Å². The normalized spacial score (nSPS) is 16.1. The summed E-state index contributed by atoms with van der Waals surface area (Å²) in [6, 6.07) is -5.27. The number of hydrogen-bond donors (Lipinski definition) is 7. The zero-order valence-electron chi connectivity index (χ0n) is 19.9. The summed E-state index contributed by atoms with van der Waals surface area (Å²) in [5.74, 6) is -7.34. The highest BCUT2D eigenvalue weighted by molar-refractivity contribution is 5.95. The van der Waals surface area contributed by atoms with E-state index in [1.54, 1.807) is 20.8 Å². The van der Waals surface area contributed by atoms with E-state index in [9.17, 15) is 33.9 Å². The molecule has 0 aromatic carbocycles. The second-order valence-electron chi connectivity index (χ2n) is 8.27. The summed E-state index contributed by atoms with van der Waals surface area (Å²) in [7, 11) is 0. The van der Waals surface area contributed by atoms with Crippen LogP contribution in [0.4, 0.5) is 0 Å². The maximum atomic E-state index is 12.8. The van der Waals surface area contributed by atoms with Crippen LogP contribution in [0.2, 0.25) is 0 Å². The quantitative estimate of drug-likeness (QED) is 0.144. The minimum atomic E-state index is -1.53. The van der Waals surface area contributed by atoms with Gasteiger partial charge in [-0.05, 0) is 18.3 Å². The molecule has 0 radical (unpaired) electrons. The van der Waals surface area contributed by atoms with Crippen molar-refractivity contribution in [1.29, 1.82) is 0 Å². The number of aliphatic carboxylic acids is 3. The SMILES string of the molecule is CCC(C)C(N)C(=O)NC(CC(=O)O)C(=O)NC(C(=O)NC(CCC(=O)O)C(=O)O)C(C)CC. The molecule has 0 aliphatic carbocycles. The van der Waals surface area contributed by atoms with Crippen molar-refractivity contribution < 1.29 is 44.1 Å². The third kappa shape index (κ3) is 10.6. The molecular weight excluding hydrogens is 452 g/mol. The van der Waals surface area contributed by atoms with Crippen molar-refractivity contribution in [2.24, 2.45) is 17.6 Å². The fourth-order valence-corrected chi connectivity index (χ4v) is 2.91. The molecule has 3 amide bonds. The number of carboxylic acids is 3. The predicted octanol–water partition coefficient (Wildman–Crippen LogP) is -0.716. The summed E-state index contributed by atoms with van der Waals surface area (Å²) < 4.78 is 0. The lowest BCUT2D eigenvalue weighted by Gasteiger charge is -2.28. The van der Waals surface area contributed by atoms with Crippen LogP contribution in [0.25, 0.3) is 0 Å². The second-order valence-corrected chi connectivity index (χ2v) is 8.27. The Hall–Kier alpha value is -3.22. The van der Waals surface area contributed by atoms with Crippen molar-refractivity contribution >= 4 is 35.6 Å². The molecule has 0 spiro atoms. The minimum Gasteiger partial charge on any atom is -0.481 e. The molecule has 0 saturated carbocycles. The number of nitrogens with two attached hydrogens (primary N) is 1. The molecule has 6 atom stereocenters. The Morgan fingerprint density at radius 2 is 1.26 bits per heavy atom. The zero-order valence-corrected chi connectivity index (χ0v) is 19.9. The number of carboxylic acid groups (broad SMARTS) is 3. The Bertz CT molecular complexity index is 759. The maximum absolute atomic E-state index is 12.8. The van der Waals surface area contributed by atoms with Gasteiger partial charge in [-0.25, -0.2) is 4.79 Å². The standard InChI is InChI=1S/C21H36N4O9/c1-5-10(3)16(22)19(31)24-13(9-15(28)29)18(30)25-17(11(4)6-2)20(32)23-12(21(33)34)7-8-14(26)27/h10-13,16-17H,5-9,22H2,1-4H3,(H,23,32)(H,24,31)(H,25,30)(H,26,27)(H,28,29)(H,33,34). The first-order valence-electron chi connectivity index (χ1n) is 11.1. The van der Waals surface area contributed by atoms with Crippen LogP contribution in [-0.2, 0) is 28.8 Å². The van der Waals surface area contributed by atoms with E-state index < -0.39 is 78.6 Å². The fourth-order valence-electron chi connectivity index (χ4n) is 2.91. The van der Waals surface area contributed by atoms with E-state index >= 15 is 0 Å². The van der Waals surface area contributed by atoms with Gasteiger partial charge in [0.1, 0.15) is 18.1 Å². The van der Waals surface area contributed by atoms with Gasteiger partial charge in [-0.15, -0.1) is 0 Å². The summed E-state index contributed by atoms with van der Waals surface area (Å²) in [6.07, 6.45) is -0.674. The van der Waals surface area contributed by atoms with Crippen molar-refractivity contribution in [3.05, 3.63) is 0 Å². The first-order chi connectivity index (χ1) is 15.7. The van der Waals surface area contributed by atoms with Gasteiger partial charge in [-0.2, -0.15) is 0 Å². The monoisotopic (exact) mass is 488 g/mol. The smallest absolute Gasteiger partial charge is 0.326 e. The van der Waals surface area contributed by atoms with E-state index in [0.29, 0.717) is 12.8 Å². The van der Waals surface area contributed by atoms with Crippen molar-refractivity contribution in [2.75, 3.05) is 0 Å². The molecule has 0 aromatic rings. The van der Waals surface area contributed by atoms with Crippen LogP contribution >= 0.6 is 0 Å². The number of carbonyl (C=O) groups is 6. The molecule has 6 unspecified atom stereocenters. The van der Waals surface area contributed by atoms with Crippen molar-refractivity contribution in [1.82, 2.24) is 16.0 Å². The maximum Gasteiger partial charge on any atom is 0.326 e. The third-order valence-corrected chi connectivity index (χ3v) is 5.63. The van der Waals surface area contributed by atoms with Gasteiger partial charge in [0, 0.05) is 6.42 Å². The predicted molar refractivity (Wildman–Crippen MR) is 119 cm³/mol. The highest BCUT2D eigenvalue weighted by Crippen LogP contribution is 2.11. The second kappa shape index (κ2) is 14.8. The molecule has 0 heterocycles. The van der Waals surface area contributed by atoms with Gasteiger partial charge >= 0.3 is 17.9 Å². The summed E-state index contributed by atoms with van der Waals surface area (Å²) in [5.41, 5.74) is 5.85. The number of nitrogens with one attached hydrogen (secondary N) is 3. The molecule has 0 aromatic heterocycles. The Kier molecular flexibility index (Phi) is 13.4. The Morgan fingerprint density at radius 1 is 0.735 bits per heavy atom. The Balaban J connectivity index is 5.61. The van der Waals surface area contributed by atoms with Gasteiger partial charge in [-0.1, -0.05) is 40.5 Å². The zero-order chi connectivity index (χ0) is 26.6. The van der Waals surface area contributed by atoms with E-state index in [2.05, 4.69) is 16.0 Å². The van der Waals surface area contributed by atoms with Crippen LogP contribution in [0.1, 0.15) is 59.8 Å². The highest BCUT2D eigenvalue weighted by atomic mass is 16.4. The average Bonchev–Trinajstić information content (AvgIpc) is 2.76. The summed E-state index contributed by atoms with van der Waals surface area (Å²) in [4.78, 5) is 71.4. The lowest BCUT2D eigenvalue weighted by Crippen LogP contribution is -2.59. The molecule has 0 aliphatic rings. The average molecular weight is 489 g/mol. The Labute approximate surface area is 197 Å². The van der Waals surface area contributed by atoms with Crippen molar-refractivity contribution in [2.45, 2.75) is 84.0 Å². The van der Waals surface area contributed by atoms with Crippen LogP contribution in [0, 0.1) is 11.8 Å². The van der Waals surface area contributed by atoms with Gasteiger partial charge in [0.15, 0.2) is 0 Å². The third-order valence-electron chi connectivity index (χ3n) is 5.63. The van der Waals surface area contributed by atoms with Gasteiger partial charge in [-0.3, -0.25) is 24.0 Å². The van der Waals surface area contributed by atoms with E-state index in [1.165, 1.54) is 0 Å². The van der Waals surface area contributed by atoms with Gasteiger partial charge in [0.05, 0.1) is 12.5 Å². The molecular formula is C21H36N4O9. The van der Waals surface area contributed by atoms with E-state index in [-0.39, 0.29) is 12.3 Å². The molecule has 34 heavy (non-hydrogen) atoms. The lowest BCUT2D eigenvalue weighted by molar-refractivity contribution is -0.144. The van der Waals surface area contributed by atoms with E-state index in [0.717, 1.165) is 0 Å². The molecule has 13 nitrogen and oxygen atoms in total. The molecule has 0 aliphatic heterocycles. The molecule has 0 bridgehead atoms. The molecule has 0 saturated heterocycles. The van der Waals surface area contributed by atoms with Crippen molar-refractivity contribution in [3.63, 3.8) is 0 Å². The number of carbonyl (C=O) groups excluding carboxylic acids is 3. The number of hydrogen-bond acceptors (Lipinski definition) is 7. The number of rotatable bonds is 16. The Morgan fingerprint density at radius 3 is 1.71 bits per heavy atom. The molecule has 0 fully saturated rings. The highest BCUT2D eigenvalue weighted by Gasteiger charge is 2.34. The number of amides is 3. The molecule has 13 heteroatoms.